The summed E-state index contributed by atoms with van der Waals surface area (Å²) in [5.74, 6) is 0. The summed E-state index contributed by atoms with van der Waals surface area (Å²) in [6.45, 7) is 11.0. The molecule has 0 radical (unpaired) electrons. The molecule has 0 unspecified atom stereocenters. The van der Waals surface area contributed by atoms with Gasteiger partial charge in [-0.3, -0.25) is 0 Å². The van der Waals surface area contributed by atoms with Crippen molar-refractivity contribution in [2.75, 3.05) is 0 Å². The zero-order valence-electron chi connectivity index (χ0n) is 20.8. The van der Waals surface area contributed by atoms with E-state index in [0.717, 1.165) is 0 Å². The first-order valence-corrected chi connectivity index (χ1v) is 13.3. The molecule has 0 aromatic heterocycles. The Kier molecular flexibility index (Phi) is 7.61. The van der Waals surface area contributed by atoms with Crippen LogP contribution in [0, 0.1) is 20.8 Å². The van der Waals surface area contributed by atoms with Crippen LogP contribution in [0.25, 0.3) is 16.7 Å². The van der Waals surface area contributed by atoms with Crippen LogP contribution in [0.4, 0.5) is 0 Å². The van der Waals surface area contributed by atoms with Crippen LogP contribution in [0.15, 0.2) is 109 Å². The molecule has 0 atom stereocenters. The molecule has 4 aromatic carbocycles. The fourth-order valence-electron chi connectivity index (χ4n) is 5.01. The molecule has 0 amide bonds. The summed E-state index contributed by atoms with van der Waals surface area (Å²) in [4.78, 5) is 0. The van der Waals surface area contributed by atoms with Crippen LogP contribution < -0.4 is 15.9 Å². The predicted molar refractivity (Wildman–Crippen MR) is 153 cm³/mol. The monoisotopic (exact) mass is 460 g/mol. The maximum Gasteiger partial charge on any atom is -0.00724 e. The lowest BCUT2D eigenvalue weighted by atomic mass is 9.86. The first-order chi connectivity index (χ1) is 16.6. The van der Waals surface area contributed by atoms with Gasteiger partial charge in [-0.1, -0.05) is 109 Å². The van der Waals surface area contributed by atoms with E-state index in [9.17, 15) is 0 Å². The molecule has 34 heavy (non-hydrogen) atoms. The Morgan fingerprint density at radius 1 is 0.676 bits per heavy atom. The van der Waals surface area contributed by atoms with Gasteiger partial charge in [0.15, 0.2) is 0 Å². The van der Waals surface area contributed by atoms with Crippen molar-refractivity contribution < 1.29 is 0 Å². The molecule has 0 heterocycles. The highest BCUT2D eigenvalue weighted by atomic mass is 31.1. The van der Waals surface area contributed by atoms with Gasteiger partial charge in [0, 0.05) is 0 Å². The van der Waals surface area contributed by atoms with Crippen LogP contribution in [0.1, 0.15) is 36.1 Å². The van der Waals surface area contributed by atoms with Crippen LogP contribution in [0.3, 0.4) is 0 Å². The smallest absolute Gasteiger partial charge is 0.00724 e. The maximum absolute atomic E-state index is 2.36. The lowest BCUT2D eigenvalue weighted by Gasteiger charge is -2.25. The van der Waals surface area contributed by atoms with Gasteiger partial charge >= 0.3 is 0 Å². The molecule has 170 valence electrons. The average molecular weight is 461 g/mol. The van der Waals surface area contributed by atoms with E-state index in [1.807, 2.05) is 0 Å². The van der Waals surface area contributed by atoms with Crippen molar-refractivity contribution in [1.82, 2.24) is 0 Å². The number of aryl methyl sites for hydroxylation is 2. The molecular weight excluding hydrogens is 427 g/mol. The van der Waals surface area contributed by atoms with E-state index in [2.05, 4.69) is 144 Å². The van der Waals surface area contributed by atoms with Crippen molar-refractivity contribution in [3.8, 4) is 11.1 Å². The molecular formula is C33H33P. The molecule has 0 spiro atoms. The molecule has 0 aliphatic heterocycles. The topological polar surface area (TPSA) is 0 Å². The van der Waals surface area contributed by atoms with Gasteiger partial charge in [0.1, 0.15) is 0 Å². The highest BCUT2D eigenvalue weighted by Crippen LogP contribution is 2.41. The SMILES string of the molecule is CC=CC(=CC)c1c(C)cc(C)c(-c2ccccc2P(c2ccccc2)c2ccccc2)c1C. The average Bonchev–Trinajstić information content (AvgIpc) is 2.85. The molecule has 0 aliphatic rings. The van der Waals surface area contributed by atoms with Crippen molar-refractivity contribution in [2.24, 2.45) is 0 Å². The van der Waals surface area contributed by atoms with Gasteiger partial charge in [0.05, 0.1) is 0 Å². The highest BCUT2D eigenvalue weighted by Gasteiger charge is 2.23. The standard InChI is InChI=1S/C33H33P/c1-6-16-27(7-2)32-24(3)23-25(4)33(26(32)5)30-21-14-15-22-31(30)34(28-17-10-8-11-18-28)29-19-12-9-13-20-29/h6-23H,1-5H3. The maximum atomic E-state index is 2.36. The molecule has 0 bridgehead atoms. The predicted octanol–water partition coefficient (Wildman–Crippen LogP) is 8.02. The van der Waals surface area contributed by atoms with Gasteiger partial charge in [0.25, 0.3) is 0 Å². The zero-order chi connectivity index (χ0) is 24.1. The molecule has 0 nitrogen and oxygen atoms in total. The van der Waals surface area contributed by atoms with Gasteiger partial charge in [-0.25, -0.2) is 0 Å². The van der Waals surface area contributed by atoms with E-state index in [1.165, 1.54) is 54.9 Å². The number of allylic oxidation sites excluding steroid dienone is 4. The van der Waals surface area contributed by atoms with E-state index in [4.69, 9.17) is 0 Å². The van der Waals surface area contributed by atoms with Crippen molar-refractivity contribution >= 4 is 29.4 Å². The Bertz CT molecular complexity index is 1290. The van der Waals surface area contributed by atoms with Gasteiger partial charge < -0.3 is 0 Å². The molecule has 4 rings (SSSR count). The molecule has 1 heteroatoms. The normalized spacial score (nSPS) is 12.0. The van der Waals surface area contributed by atoms with Crippen LogP contribution in [0.2, 0.25) is 0 Å². The fourth-order valence-corrected chi connectivity index (χ4v) is 7.47. The fraction of sp³-hybridized carbons (Fsp3) is 0.152. The van der Waals surface area contributed by atoms with Crippen molar-refractivity contribution in [2.45, 2.75) is 34.6 Å². The summed E-state index contributed by atoms with van der Waals surface area (Å²) < 4.78 is 0. The minimum absolute atomic E-state index is 0.687. The van der Waals surface area contributed by atoms with E-state index in [-0.39, 0.29) is 0 Å². The first kappa shape index (κ1) is 23.9. The Morgan fingerprint density at radius 3 is 1.79 bits per heavy atom. The van der Waals surface area contributed by atoms with Crippen molar-refractivity contribution in [3.63, 3.8) is 0 Å². The Hall–Kier alpha value is -3.21. The minimum Gasteiger partial charge on any atom is -0.0871 e. The second kappa shape index (κ2) is 10.8. The van der Waals surface area contributed by atoms with E-state index in [0.29, 0.717) is 0 Å². The summed E-state index contributed by atoms with van der Waals surface area (Å²) in [7, 11) is -0.687. The van der Waals surface area contributed by atoms with Crippen LogP contribution in [-0.4, -0.2) is 0 Å². The Balaban J connectivity index is 2.01. The Morgan fingerprint density at radius 2 is 1.24 bits per heavy atom. The van der Waals surface area contributed by atoms with Crippen LogP contribution in [-0.2, 0) is 0 Å². The number of rotatable bonds is 6. The molecule has 0 N–H and O–H groups in total. The number of benzene rings is 4. The van der Waals surface area contributed by atoms with Crippen LogP contribution >= 0.6 is 7.92 Å². The molecule has 0 saturated heterocycles. The molecule has 0 saturated carbocycles. The lowest BCUT2D eigenvalue weighted by molar-refractivity contribution is 1.29. The summed E-state index contributed by atoms with van der Waals surface area (Å²) >= 11 is 0. The van der Waals surface area contributed by atoms with E-state index in [1.54, 1.807) is 0 Å². The summed E-state index contributed by atoms with van der Waals surface area (Å²) in [5.41, 5.74) is 9.35. The third-order valence-electron chi connectivity index (χ3n) is 6.36. The summed E-state index contributed by atoms with van der Waals surface area (Å²) in [6.07, 6.45) is 6.58. The molecule has 0 aliphatic carbocycles. The van der Waals surface area contributed by atoms with Gasteiger partial charge in [-0.15, -0.1) is 0 Å². The first-order valence-electron chi connectivity index (χ1n) is 12.0. The number of hydrogen-bond donors (Lipinski definition) is 0. The second-order valence-corrected chi connectivity index (χ2v) is 10.8. The second-order valence-electron chi connectivity index (χ2n) is 8.65. The summed E-state index contributed by atoms with van der Waals surface area (Å²) in [6, 6.07) is 33.3. The lowest BCUT2D eigenvalue weighted by Crippen LogP contribution is -2.22. The van der Waals surface area contributed by atoms with Gasteiger partial charge in [0.2, 0.25) is 0 Å². The third kappa shape index (κ3) is 4.70. The number of hydrogen-bond acceptors (Lipinski definition) is 0. The minimum atomic E-state index is -0.687. The van der Waals surface area contributed by atoms with Crippen molar-refractivity contribution in [1.29, 1.82) is 0 Å². The van der Waals surface area contributed by atoms with E-state index >= 15 is 0 Å². The van der Waals surface area contributed by atoms with Crippen molar-refractivity contribution in [3.05, 3.63) is 131 Å². The van der Waals surface area contributed by atoms with Gasteiger partial charge in [-0.2, -0.15) is 0 Å². The van der Waals surface area contributed by atoms with Crippen LogP contribution in [0.5, 0.6) is 0 Å². The molecule has 0 fully saturated rings. The molecule has 4 aromatic rings. The highest BCUT2D eigenvalue weighted by molar-refractivity contribution is 7.80. The zero-order valence-corrected chi connectivity index (χ0v) is 21.7. The largest absolute Gasteiger partial charge is 0.0871 e. The summed E-state index contributed by atoms with van der Waals surface area (Å²) in [5, 5.41) is 4.16. The quantitative estimate of drug-likeness (QED) is 0.202. The van der Waals surface area contributed by atoms with Gasteiger partial charge in [-0.05, 0) is 97.4 Å². The Labute approximate surface area is 206 Å². The third-order valence-corrected chi connectivity index (χ3v) is 8.86. The van der Waals surface area contributed by atoms with E-state index < -0.39 is 7.92 Å².